The molecule has 1 unspecified atom stereocenters. The summed E-state index contributed by atoms with van der Waals surface area (Å²) in [4.78, 5) is 26.8. The number of hydrogen-bond donors (Lipinski definition) is 3. The number of aromatic nitrogens is 3. The molecular weight excluding hydrogens is 274 g/mol. The molecule has 1 aromatic heterocycles. The molecular formula is C13H23N5O3. The van der Waals surface area contributed by atoms with Crippen molar-refractivity contribution in [3.8, 4) is 0 Å². The maximum Gasteiger partial charge on any atom is 0.326 e. The van der Waals surface area contributed by atoms with Crippen molar-refractivity contribution in [2.75, 3.05) is 0 Å². The molecule has 1 heterocycles. The second-order valence-corrected chi connectivity index (χ2v) is 5.64. The van der Waals surface area contributed by atoms with E-state index >= 15 is 0 Å². The highest BCUT2D eigenvalue weighted by molar-refractivity contribution is 5.82. The van der Waals surface area contributed by atoms with Gasteiger partial charge in [-0.15, -0.1) is 0 Å². The molecule has 8 nitrogen and oxygen atoms in total. The molecule has 0 saturated heterocycles. The number of carbonyl (C=O) groups is 2. The fraction of sp³-hybridized carbons (Fsp3) is 0.692. The number of amides is 2. The Balaban J connectivity index is 2.53. The zero-order valence-corrected chi connectivity index (χ0v) is 12.8. The molecule has 1 rings (SSSR count). The van der Waals surface area contributed by atoms with Crippen LogP contribution in [0.4, 0.5) is 4.79 Å². The van der Waals surface area contributed by atoms with Gasteiger partial charge in [-0.2, -0.15) is 5.10 Å². The lowest BCUT2D eigenvalue weighted by molar-refractivity contribution is -0.140. The van der Waals surface area contributed by atoms with Gasteiger partial charge in [-0.25, -0.2) is 19.3 Å². The van der Waals surface area contributed by atoms with Crippen LogP contribution in [0.5, 0.6) is 0 Å². The van der Waals surface area contributed by atoms with Crippen LogP contribution in [0, 0.1) is 11.8 Å². The second kappa shape index (κ2) is 7.61. The van der Waals surface area contributed by atoms with Crippen LogP contribution in [0.2, 0.25) is 0 Å². The van der Waals surface area contributed by atoms with Gasteiger partial charge in [-0.1, -0.05) is 27.7 Å². The standard InChI is InChI=1S/C13H23N5O3/c1-8(2)6-18-10(15-7-16-18)5-14-13(21)17-11(9(3)4)12(19)20/h7-9,11H,5-6H2,1-4H3,(H,19,20)(H2,14,17,21). The Morgan fingerprint density at radius 2 is 2.00 bits per heavy atom. The average Bonchev–Trinajstić information content (AvgIpc) is 2.79. The first-order chi connectivity index (χ1) is 9.81. The largest absolute Gasteiger partial charge is 0.480 e. The molecule has 2 amide bonds. The number of carboxylic acids is 1. The number of rotatable bonds is 7. The molecule has 0 saturated carbocycles. The maximum absolute atomic E-state index is 11.7. The van der Waals surface area contributed by atoms with E-state index in [2.05, 4.69) is 34.6 Å². The summed E-state index contributed by atoms with van der Waals surface area (Å²) in [5, 5.41) is 18.1. The van der Waals surface area contributed by atoms with Crippen LogP contribution in [0.1, 0.15) is 33.5 Å². The summed E-state index contributed by atoms with van der Waals surface area (Å²) in [6.45, 7) is 8.50. The van der Waals surface area contributed by atoms with E-state index in [4.69, 9.17) is 5.11 Å². The van der Waals surface area contributed by atoms with Crippen molar-refractivity contribution in [2.24, 2.45) is 11.8 Å². The monoisotopic (exact) mass is 297 g/mol. The molecule has 118 valence electrons. The van der Waals surface area contributed by atoms with Gasteiger partial charge in [-0.05, 0) is 11.8 Å². The first-order valence-electron chi connectivity index (χ1n) is 6.95. The van der Waals surface area contributed by atoms with E-state index in [9.17, 15) is 9.59 Å². The van der Waals surface area contributed by atoms with Gasteiger partial charge in [0, 0.05) is 6.54 Å². The predicted molar refractivity (Wildman–Crippen MR) is 76.5 cm³/mol. The van der Waals surface area contributed by atoms with Gasteiger partial charge in [-0.3, -0.25) is 0 Å². The normalized spacial score (nSPS) is 12.5. The summed E-state index contributed by atoms with van der Waals surface area (Å²) in [5.74, 6) is -0.201. The first-order valence-corrected chi connectivity index (χ1v) is 6.95. The summed E-state index contributed by atoms with van der Waals surface area (Å²) >= 11 is 0. The van der Waals surface area contributed by atoms with Gasteiger partial charge >= 0.3 is 12.0 Å². The van der Waals surface area contributed by atoms with Crippen molar-refractivity contribution in [1.82, 2.24) is 25.4 Å². The Morgan fingerprint density at radius 1 is 1.33 bits per heavy atom. The number of nitrogens with zero attached hydrogens (tertiary/aromatic N) is 3. The van der Waals surface area contributed by atoms with Crippen molar-refractivity contribution in [3.63, 3.8) is 0 Å². The molecule has 0 aliphatic heterocycles. The summed E-state index contributed by atoms with van der Waals surface area (Å²) in [6, 6.07) is -1.45. The fourth-order valence-corrected chi connectivity index (χ4v) is 1.79. The van der Waals surface area contributed by atoms with Crippen molar-refractivity contribution >= 4 is 12.0 Å². The minimum atomic E-state index is -1.05. The third-order valence-electron chi connectivity index (χ3n) is 2.86. The molecule has 0 aliphatic rings. The van der Waals surface area contributed by atoms with Crippen molar-refractivity contribution in [3.05, 3.63) is 12.2 Å². The third-order valence-corrected chi connectivity index (χ3v) is 2.86. The van der Waals surface area contributed by atoms with Crippen molar-refractivity contribution < 1.29 is 14.7 Å². The molecule has 1 aromatic rings. The lowest BCUT2D eigenvalue weighted by Crippen LogP contribution is -2.48. The van der Waals surface area contributed by atoms with Crippen LogP contribution in [-0.4, -0.2) is 37.9 Å². The Hall–Kier alpha value is -2.12. The van der Waals surface area contributed by atoms with Crippen LogP contribution in [0.15, 0.2) is 6.33 Å². The van der Waals surface area contributed by atoms with Crippen molar-refractivity contribution in [1.29, 1.82) is 0 Å². The van der Waals surface area contributed by atoms with E-state index in [1.54, 1.807) is 18.5 Å². The first kappa shape index (κ1) is 16.9. The van der Waals surface area contributed by atoms with Crippen LogP contribution in [-0.2, 0) is 17.9 Å². The summed E-state index contributed by atoms with van der Waals surface area (Å²) in [6.07, 6.45) is 1.44. The number of nitrogens with one attached hydrogen (secondary N) is 2. The third kappa shape index (κ3) is 5.41. The second-order valence-electron chi connectivity index (χ2n) is 5.64. The van der Waals surface area contributed by atoms with Crippen LogP contribution < -0.4 is 10.6 Å². The summed E-state index contributed by atoms with van der Waals surface area (Å²) in [7, 11) is 0. The highest BCUT2D eigenvalue weighted by Gasteiger charge is 2.23. The highest BCUT2D eigenvalue weighted by Crippen LogP contribution is 2.02. The number of urea groups is 1. The molecule has 0 radical (unpaired) electrons. The molecule has 0 aliphatic carbocycles. The Morgan fingerprint density at radius 3 is 2.52 bits per heavy atom. The lowest BCUT2D eigenvalue weighted by atomic mass is 10.1. The fourth-order valence-electron chi connectivity index (χ4n) is 1.79. The van der Waals surface area contributed by atoms with Gasteiger partial charge < -0.3 is 15.7 Å². The van der Waals surface area contributed by atoms with Gasteiger partial charge in [0.2, 0.25) is 0 Å². The van der Waals surface area contributed by atoms with E-state index in [0.717, 1.165) is 0 Å². The smallest absolute Gasteiger partial charge is 0.326 e. The molecule has 0 aromatic carbocycles. The minimum Gasteiger partial charge on any atom is -0.480 e. The molecule has 0 spiro atoms. The van der Waals surface area contributed by atoms with E-state index in [0.29, 0.717) is 18.3 Å². The van der Waals surface area contributed by atoms with Crippen LogP contribution in [0.3, 0.4) is 0 Å². The van der Waals surface area contributed by atoms with Crippen molar-refractivity contribution in [2.45, 2.75) is 46.8 Å². The molecule has 21 heavy (non-hydrogen) atoms. The zero-order valence-electron chi connectivity index (χ0n) is 12.8. The quantitative estimate of drug-likeness (QED) is 0.691. The van der Waals surface area contributed by atoms with E-state index in [-0.39, 0.29) is 12.5 Å². The molecule has 3 N–H and O–H groups in total. The van der Waals surface area contributed by atoms with Gasteiger partial charge in [0.15, 0.2) is 0 Å². The molecule has 0 fully saturated rings. The van der Waals surface area contributed by atoms with E-state index in [1.165, 1.54) is 6.33 Å². The Labute approximate surface area is 123 Å². The molecule has 1 atom stereocenters. The van der Waals surface area contributed by atoms with Gasteiger partial charge in [0.1, 0.15) is 18.2 Å². The zero-order chi connectivity index (χ0) is 16.0. The SMILES string of the molecule is CC(C)Cn1ncnc1CNC(=O)NC(C(=O)O)C(C)C. The number of carboxylic acid groups (broad SMARTS) is 1. The van der Waals surface area contributed by atoms with Crippen LogP contribution >= 0.6 is 0 Å². The number of carbonyl (C=O) groups excluding carboxylic acids is 1. The number of hydrogen-bond acceptors (Lipinski definition) is 4. The van der Waals surface area contributed by atoms with Gasteiger partial charge in [0.25, 0.3) is 0 Å². The summed E-state index contributed by atoms with van der Waals surface area (Å²) < 4.78 is 1.72. The number of aliphatic carboxylic acids is 1. The Bertz CT molecular complexity index is 484. The molecule has 0 bridgehead atoms. The van der Waals surface area contributed by atoms with Crippen LogP contribution in [0.25, 0.3) is 0 Å². The average molecular weight is 297 g/mol. The van der Waals surface area contributed by atoms with E-state index in [1.807, 2.05) is 0 Å². The predicted octanol–water partition coefficient (Wildman–Crippen LogP) is 0.842. The topological polar surface area (TPSA) is 109 Å². The minimum absolute atomic E-state index is 0.196. The van der Waals surface area contributed by atoms with E-state index < -0.39 is 18.0 Å². The lowest BCUT2D eigenvalue weighted by Gasteiger charge is -2.18. The summed E-state index contributed by atoms with van der Waals surface area (Å²) in [5.41, 5.74) is 0. The highest BCUT2D eigenvalue weighted by atomic mass is 16.4. The Kier molecular flexibility index (Phi) is 6.13. The maximum atomic E-state index is 11.7. The van der Waals surface area contributed by atoms with Gasteiger partial charge in [0.05, 0.1) is 6.54 Å². The molecule has 8 heteroatoms.